The molecule has 13 aromatic rings. The maximum atomic E-state index is 2.90. The van der Waals surface area contributed by atoms with E-state index in [1.807, 2.05) is 0 Å². The van der Waals surface area contributed by atoms with Crippen LogP contribution in [-0.4, -0.2) is 18.8 Å². The molecule has 17 rings (SSSR count). The number of hydrogen-bond acceptors (Lipinski definition) is 3. The van der Waals surface area contributed by atoms with E-state index in [1.165, 1.54) is 172 Å². The van der Waals surface area contributed by atoms with Crippen molar-refractivity contribution in [3.05, 3.63) is 315 Å². The second kappa shape index (κ2) is 22.8. The Morgan fingerprint density at radius 1 is 0.244 bits per heavy atom. The summed E-state index contributed by atoms with van der Waals surface area (Å²) in [6.07, 6.45) is 7.32. The van der Waals surface area contributed by atoms with Crippen molar-refractivity contribution in [1.82, 2.24) is 0 Å². The minimum atomic E-state index is -0.178. The van der Waals surface area contributed by atoms with Crippen LogP contribution in [0, 0.1) is 0 Å². The lowest BCUT2D eigenvalue weighted by molar-refractivity contribution is 0.296. The molecule has 4 aliphatic heterocycles. The molecule has 0 spiro atoms. The molecule has 0 radical (unpaired) electrons. The van der Waals surface area contributed by atoms with Crippen LogP contribution in [0.1, 0.15) is 38.5 Å². The van der Waals surface area contributed by atoms with Crippen LogP contribution >= 0.6 is 0 Å². The molecule has 4 heterocycles. The van der Waals surface area contributed by atoms with Gasteiger partial charge in [0.15, 0.2) is 0 Å². The van der Waals surface area contributed by atoms with Gasteiger partial charge in [-0.15, -0.1) is 0 Å². The minimum Gasteiger partial charge on any atom is -0.365 e. The van der Waals surface area contributed by atoms with Gasteiger partial charge in [-0.3, -0.25) is 0 Å². The normalized spacial score (nSPS) is 15.4. The Kier molecular flexibility index (Phi) is 13.6. The van der Waals surface area contributed by atoms with Gasteiger partial charge in [-0.1, -0.05) is 267 Å². The second-order valence-corrected chi connectivity index (χ2v) is 24.9. The maximum Gasteiger partial charge on any atom is 0.252 e. The van der Waals surface area contributed by atoms with E-state index in [2.05, 4.69) is 330 Å². The highest BCUT2D eigenvalue weighted by molar-refractivity contribution is 7.00. The van der Waals surface area contributed by atoms with E-state index in [0.29, 0.717) is 12.1 Å². The third-order valence-corrected chi connectivity index (χ3v) is 19.7. The predicted molar refractivity (Wildman–Crippen MR) is 382 cm³/mol. The Balaban J connectivity index is 1.06. The lowest BCUT2D eigenvalue weighted by Crippen LogP contribution is -2.61. The zero-order chi connectivity index (χ0) is 59.5. The largest absolute Gasteiger partial charge is 0.365 e. The van der Waals surface area contributed by atoms with Crippen molar-refractivity contribution in [2.24, 2.45) is 0 Å². The molecule has 0 amide bonds. The molecular weight excluding hydrogens is 1090 g/mol. The highest BCUT2D eigenvalue weighted by Gasteiger charge is 2.47. The Bertz CT molecular complexity index is 4340. The molecular formula is C86H66BN3. The van der Waals surface area contributed by atoms with E-state index in [9.17, 15) is 0 Å². The number of anilines is 7. The summed E-state index contributed by atoms with van der Waals surface area (Å²) in [5.41, 5.74) is 31.1. The van der Waals surface area contributed by atoms with Gasteiger partial charge in [0.25, 0.3) is 6.71 Å². The highest BCUT2D eigenvalue weighted by Crippen LogP contribution is 2.56. The molecule has 0 N–H and O–H groups in total. The number of nitrogens with zero attached hydrogens (tertiary/aromatic N) is 3. The van der Waals surface area contributed by atoms with Gasteiger partial charge >= 0.3 is 0 Å². The fourth-order valence-corrected chi connectivity index (χ4v) is 15.7. The van der Waals surface area contributed by atoms with Crippen LogP contribution in [0.5, 0.6) is 0 Å². The van der Waals surface area contributed by atoms with E-state index >= 15 is 0 Å². The SMILES string of the molecule is c1ccc(-c2ccc3c(c2)B2c4cc(-c5ccccc5)ccc4N(c4c(-c5ccccc5)cc(-c5ccccc5)cc4-c4ccccc4)c4cc(N5C6CCCC5CCC6)cc(c42)N3c2c(-c3ccccc3)cc(-c3ccccc3)cc2-c2ccccc2)cc1. The molecule has 4 aliphatic rings. The van der Waals surface area contributed by atoms with Crippen LogP contribution in [0.2, 0.25) is 0 Å². The molecule has 13 aromatic carbocycles. The van der Waals surface area contributed by atoms with Crippen LogP contribution in [0.4, 0.5) is 39.8 Å². The van der Waals surface area contributed by atoms with Gasteiger partial charge in [-0.2, -0.15) is 0 Å². The molecule has 0 aromatic heterocycles. The van der Waals surface area contributed by atoms with Gasteiger partial charge < -0.3 is 14.7 Å². The summed E-state index contributed by atoms with van der Waals surface area (Å²) in [5, 5.41) is 0. The van der Waals surface area contributed by atoms with Gasteiger partial charge in [0.1, 0.15) is 0 Å². The van der Waals surface area contributed by atoms with Crippen molar-refractivity contribution in [3.8, 4) is 89.0 Å². The highest BCUT2D eigenvalue weighted by atomic mass is 15.2. The fourth-order valence-electron chi connectivity index (χ4n) is 15.7. The van der Waals surface area contributed by atoms with Crippen molar-refractivity contribution in [1.29, 1.82) is 0 Å². The first-order chi connectivity index (χ1) is 44.7. The summed E-state index contributed by atoms with van der Waals surface area (Å²) in [6, 6.07) is 120. The average Bonchev–Trinajstić information content (AvgIpc) is 0.705. The molecule has 4 heteroatoms. The van der Waals surface area contributed by atoms with Gasteiger partial charge in [0.05, 0.1) is 11.4 Å². The van der Waals surface area contributed by atoms with Gasteiger partial charge in [0.2, 0.25) is 0 Å². The predicted octanol–water partition coefficient (Wildman–Crippen LogP) is 21.0. The van der Waals surface area contributed by atoms with E-state index in [-0.39, 0.29) is 6.71 Å². The summed E-state index contributed by atoms with van der Waals surface area (Å²) in [7, 11) is 0. The smallest absolute Gasteiger partial charge is 0.252 e. The summed E-state index contributed by atoms with van der Waals surface area (Å²) >= 11 is 0. The summed E-state index contributed by atoms with van der Waals surface area (Å²) in [6.45, 7) is -0.178. The van der Waals surface area contributed by atoms with Crippen molar-refractivity contribution in [2.75, 3.05) is 14.7 Å². The number of fused-ring (bicyclic) bond motifs is 6. The Labute approximate surface area is 529 Å². The minimum absolute atomic E-state index is 0.178. The molecule has 0 aliphatic carbocycles. The molecule has 0 unspecified atom stereocenters. The number of piperidine rings is 2. The molecule has 2 bridgehead atoms. The molecule has 0 saturated carbocycles. The molecule has 0 atom stereocenters. The topological polar surface area (TPSA) is 9.72 Å². The number of benzene rings is 13. The molecule has 2 fully saturated rings. The fraction of sp³-hybridized carbons (Fsp3) is 0.0930. The molecule has 2 saturated heterocycles. The van der Waals surface area contributed by atoms with Crippen LogP contribution in [0.15, 0.2) is 315 Å². The maximum absolute atomic E-state index is 2.90. The average molecular weight is 1150 g/mol. The summed E-state index contributed by atoms with van der Waals surface area (Å²) < 4.78 is 0. The zero-order valence-electron chi connectivity index (χ0n) is 50.3. The third-order valence-electron chi connectivity index (χ3n) is 19.7. The van der Waals surface area contributed by atoms with Crippen LogP contribution < -0.4 is 31.1 Å². The van der Waals surface area contributed by atoms with Crippen LogP contribution in [0.3, 0.4) is 0 Å². The van der Waals surface area contributed by atoms with Crippen molar-refractivity contribution in [2.45, 2.75) is 50.6 Å². The van der Waals surface area contributed by atoms with Gasteiger partial charge in [-0.05, 0) is 170 Å². The molecule has 428 valence electrons. The molecule has 90 heavy (non-hydrogen) atoms. The van der Waals surface area contributed by atoms with E-state index in [4.69, 9.17) is 0 Å². The Morgan fingerprint density at radius 3 is 0.822 bits per heavy atom. The zero-order valence-corrected chi connectivity index (χ0v) is 50.3. The van der Waals surface area contributed by atoms with Crippen molar-refractivity contribution >= 4 is 62.9 Å². The lowest BCUT2D eigenvalue weighted by atomic mass is 9.33. The monoisotopic (exact) mass is 1150 g/mol. The standard InChI is InChI=1S/C86H66BN3/c1-9-27-59(28-10-1)67-47-49-80-78(55-67)87-79-56-68(60-29-11-2-12-30-60)48-50-81(79)90(86-76(65-39-21-7-22-40-65)53-70(62-33-15-4-16-34-62)54-77(86)66-41-23-8-24-42-66)83-58-73(88-71-43-25-44-72(88)46-26-45-71)57-82(84(83)87)89(80)85-74(63-35-17-5-18-36-63)51-69(61-31-13-3-14-32-61)52-75(85)64-37-19-6-20-38-64/h1-24,27-42,47-58,71-72H,25-26,43-46H2. The first-order valence-corrected chi connectivity index (χ1v) is 32.3. The number of rotatable bonds is 11. The number of hydrogen-bond donors (Lipinski definition) is 0. The summed E-state index contributed by atoms with van der Waals surface area (Å²) in [4.78, 5) is 8.38. The first-order valence-electron chi connectivity index (χ1n) is 32.3. The van der Waals surface area contributed by atoms with E-state index < -0.39 is 0 Å². The third kappa shape index (κ3) is 9.36. The second-order valence-electron chi connectivity index (χ2n) is 24.9. The Hall–Kier alpha value is -10.7. The molecule has 3 nitrogen and oxygen atoms in total. The van der Waals surface area contributed by atoms with Gasteiger partial charge in [-0.25, -0.2) is 0 Å². The van der Waals surface area contributed by atoms with Crippen LogP contribution in [-0.2, 0) is 0 Å². The Morgan fingerprint density at radius 2 is 0.522 bits per heavy atom. The van der Waals surface area contributed by atoms with E-state index in [1.54, 1.807) is 0 Å². The van der Waals surface area contributed by atoms with Gasteiger partial charge in [0, 0.05) is 62.8 Å². The van der Waals surface area contributed by atoms with E-state index in [0.717, 1.165) is 11.4 Å². The van der Waals surface area contributed by atoms with Crippen molar-refractivity contribution < 1.29 is 0 Å². The van der Waals surface area contributed by atoms with Crippen molar-refractivity contribution in [3.63, 3.8) is 0 Å². The van der Waals surface area contributed by atoms with Crippen LogP contribution in [0.25, 0.3) is 89.0 Å². The lowest BCUT2D eigenvalue weighted by Gasteiger charge is -2.50. The summed E-state index contributed by atoms with van der Waals surface area (Å²) in [5.74, 6) is 0. The first kappa shape index (κ1) is 53.6. The quantitative estimate of drug-likeness (QED) is 0.120.